The molecular weight excluding hydrogens is 1110 g/mol. The van der Waals surface area contributed by atoms with Crippen molar-refractivity contribution < 1.29 is 0 Å². The molecule has 0 amide bonds. The number of aromatic nitrogens is 4. The molecule has 9 aromatic carbocycles. The van der Waals surface area contributed by atoms with Crippen molar-refractivity contribution in [3.05, 3.63) is 190 Å². The van der Waals surface area contributed by atoms with Crippen LogP contribution in [0, 0.1) is 11.3 Å². The minimum Gasteiger partial charge on any atom is -0.306 e. The first-order valence-corrected chi connectivity index (χ1v) is 33.7. The van der Waals surface area contributed by atoms with E-state index in [9.17, 15) is 5.26 Å². The molecule has 5 nitrogen and oxygen atoms in total. The van der Waals surface area contributed by atoms with Crippen LogP contribution in [-0.4, -0.2) is 18.1 Å². The van der Waals surface area contributed by atoms with Crippen LogP contribution in [0.15, 0.2) is 140 Å². The molecule has 0 aliphatic rings. The van der Waals surface area contributed by atoms with Gasteiger partial charge in [0.2, 0.25) is 0 Å². The number of nitriles is 1. The molecule has 0 radical (unpaired) electrons. The predicted octanol–water partition coefficient (Wildman–Crippen LogP) is 24.4. The molecule has 92 heavy (non-hydrogen) atoms. The van der Waals surface area contributed by atoms with Crippen LogP contribution in [0.4, 0.5) is 0 Å². The van der Waals surface area contributed by atoms with Gasteiger partial charge in [0.05, 0.1) is 66.7 Å². The second-order valence-corrected chi connectivity index (χ2v) is 35.6. The van der Waals surface area contributed by atoms with Gasteiger partial charge in [0.15, 0.2) is 0 Å². The molecule has 0 saturated heterocycles. The molecule has 0 spiro atoms. The average molecular weight is 1210 g/mol. The number of nitrogens with zero attached hydrogens (tertiary/aromatic N) is 5. The summed E-state index contributed by atoms with van der Waals surface area (Å²) >= 11 is 0. The summed E-state index contributed by atoms with van der Waals surface area (Å²) < 4.78 is 10.3. The van der Waals surface area contributed by atoms with Crippen molar-refractivity contribution in [2.24, 2.45) is 0 Å². The van der Waals surface area contributed by atoms with E-state index >= 15 is 0 Å². The Kier molecular flexibility index (Phi) is 12.9. The first-order valence-electron chi connectivity index (χ1n) is 33.7. The zero-order chi connectivity index (χ0) is 66.2. The Morgan fingerprint density at radius 2 is 0.467 bits per heavy atom. The summed E-state index contributed by atoms with van der Waals surface area (Å²) in [5.41, 5.74) is 22.2. The van der Waals surface area contributed by atoms with E-state index in [1.807, 2.05) is 0 Å². The molecule has 0 fully saturated rings. The van der Waals surface area contributed by atoms with Crippen LogP contribution in [0.5, 0.6) is 0 Å². The normalized spacial score (nSPS) is 13.9. The zero-order valence-corrected chi connectivity index (χ0v) is 59.5. The van der Waals surface area contributed by atoms with Crippen LogP contribution in [0.3, 0.4) is 0 Å². The van der Waals surface area contributed by atoms with E-state index in [4.69, 9.17) is 0 Å². The van der Waals surface area contributed by atoms with Crippen molar-refractivity contribution in [2.45, 2.75) is 209 Å². The van der Waals surface area contributed by atoms with Gasteiger partial charge in [0.1, 0.15) is 11.6 Å². The van der Waals surface area contributed by atoms with Crippen molar-refractivity contribution in [2.75, 3.05) is 0 Å². The Morgan fingerprint density at radius 1 is 0.239 bits per heavy atom. The zero-order valence-electron chi connectivity index (χ0n) is 59.5. The lowest BCUT2D eigenvalue weighted by Crippen LogP contribution is -2.13. The van der Waals surface area contributed by atoms with E-state index in [2.05, 4.69) is 330 Å². The van der Waals surface area contributed by atoms with Crippen molar-refractivity contribution in [1.82, 2.24) is 18.1 Å². The Bertz CT molecular complexity index is 5300. The summed E-state index contributed by atoms with van der Waals surface area (Å²) in [7, 11) is 0. The SMILES string of the molecule is CC(C)(C)c1ccc2c(c1)c1cc(C(C)(C)C)ccc1n2-c1c(C#N)c(-n2c3ccc(C(C)(C)C)cc3c3cc(C(C)(C)C)ccc32)c2c(c1-n1c3ccc(C(C)(C)C)cc3c3cc(C(C)(C)C)ccc31)c1cc(C(C)(C)C)cc3c4cc(C(C)(C)C)ccc4n2c31. The largest absolute Gasteiger partial charge is 0.306 e. The van der Waals surface area contributed by atoms with Gasteiger partial charge in [-0.25, -0.2) is 0 Å². The van der Waals surface area contributed by atoms with Gasteiger partial charge in [-0.2, -0.15) is 5.26 Å². The molecule has 5 heterocycles. The third-order valence-electron chi connectivity index (χ3n) is 20.8. The number of hydrogen-bond acceptors (Lipinski definition) is 1. The molecule has 0 saturated carbocycles. The third kappa shape index (κ3) is 9.18. The smallest absolute Gasteiger partial charge is 0.104 e. The van der Waals surface area contributed by atoms with Crippen molar-refractivity contribution in [1.29, 1.82) is 5.26 Å². The summed E-state index contributed by atoms with van der Waals surface area (Å²) in [5, 5.41) is 25.2. The summed E-state index contributed by atoms with van der Waals surface area (Å²) in [4.78, 5) is 0. The van der Waals surface area contributed by atoms with Crippen LogP contribution >= 0.6 is 0 Å². The Hall–Kier alpha value is -8.33. The molecule has 14 rings (SSSR count). The fourth-order valence-corrected chi connectivity index (χ4v) is 15.0. The lowest BCUT2D eigenvalue weighted by molar-refractivity contribution is 0.590. The number of fused-ring (bicyclic) bond motifs is 15. The maximum absolute atomic E-state index is 13.4. The summed E-state index contributed by atoms with van der Waals surface area (Å²) in [5.74, 6) is 0. The van der Waals surface area contributed by atoms with Crippen molar-refractivity contribution in [3.63, 3.8) is 0 Å². The second-order valence-electron chi connectivity index (χ2n) is 35.6. The third-order valence-corrected chi connectivity index (χ3v) is 20.8. The molecule has 0 aliphatic carbocycles. The molecule has 5 aromatic heterocycles. The van der Waals surface area contributed by atoms with Crippen LogP contribution in [0.1, 0.15) is 216 Å². The van der Waals surface area contributed by atoms with E-state index in [-0.39, 0.29) is 43.3 Å². The quantitative estimate of drug-likeness (QED) is 0.174. The molecule has 5 heteroatoms. The standard InChI is InChI=1S/C87H95N5/c1-80(2,3)49-25-32-67-57(39-49)58-40-50(81(4,5)6)26-33-68(58)89(67)76-66(48-88)77(90-69-34-27-51(82(7,8)9)41-59(69)60-42-52(83(10,11)12)28-35-70(60)90)79-74(65-47-56(87(22,23)24)46-64-63-45-55(86(19,20)21)31-38-73(63)92(79)75(64)65)78(76)91-71-36-29-53(84(13,14)15)43-61(71)62-44-54(85(16,17)18)30-37-72(62)91/h25-47H,1-24H3. The Balaban J connectivity index is 1.36. The molecule has 468 valence electrons. The maximum atomic E-state index is 13.4. The van der Waals surface area contributed by atoms with Gasteiger partial charge in [0.25, 0.3) is 0 Å². The summed E-state index contributed by atoms with van der Waals surface area (Å²) in [6.07, 6.45) is 0. The summed E-state index contributed by atoms with van der Waals surface area (Å²) in [6.45, 7) is 55.9. The van der Waals surface area contributed by atoms with Gasteiger partial charge in [-0.1, -0.05) is 209 Å². The van der Waals surface area contributed by atoms with E-state index < -0.39 is 0 Å². The van der Waals surface area contributed by atoms with Gasteiger partial charge in [0, 0.05) is 53.9 Å². The van der Waals surface area contributed by atoms with Gasteiger partial charge < -0.3 is 18.1 Å². The first kappa shape index (κ1) is 61.2. The van der Waals surface area contributed by atoms with Gasteiger partial charge in [-0.3, -0.25) is 0 Å². The minimum absolute atomic E-state index is 0.100. The number of hydrogen-bond donors (Lipinski definition) is 0. The fourth-order valence-electron chi connectivity index (χ4n) is 15.0. The van der Waals surface area contributed by atoms with Gasteiger partial charge in [-0.15, -0.1) is 0 Å². The van der Waals surface area contributed by atoms with Crippen molar-refractivity contribution >= 4 is 104 Å². The van der Waals surface area contributed by atoms with Crippen molar-refractivity contribution in [3.8, 4) is 23.1 Å². The highest BCUT2D eigenvalue weighted by atomic mass is 15.1. The highest BCUT2D eigenvalue weighted by molar-refractivity contribution is 6.29. The molecule has 0 bridgehead atoms. The highest BCUT2D eigenvalue weighted by Gasteiger charge is 2.37. The minimum atomic E-state index is -0.230. The predicted molar refractivity (Wildman–Crippen MR) is 398 cm³/mol. The lowest BCUT2D eigenvalue weighted by atomic mass is 9.84. The van der Waals surface area contributed by atoms with Gasteiger partial charge in [-0.05, 0) is 185 Å². The highest BCUT2D eigenvalue weighted by Crippen LogP contribution is 2.54. The molecule has 14 aromatic rings. The number of rotatable bonds is 3. The van der Waals surface area contributed by atoms with Crippen LogP contribution in [0.2, 0.25) is 0 Å². The Morgan fingerprint density at radius 3 is 0.739 bits per heavy atom. The average Bonchev–Trinajstić information content (AvgIpc) is 1.49. The van der Waals surface area contributed by atoms with E-state index in [1.165, 1.54) is 98.5 Å². The molecule has 0 unspecified atom stereocenters. The monoisotopic (exact) mass is 1210 g/mol. The summed E-state index contributed by atoms with van der Waals surface area (Å²) in [6, 6.07) is 58.6. The van der Waals surface area contributed by atoms with E-state index in [0.717, 1.165) is 66.6 Å². The fraction of sp³-hybridized carbons (Fsp3) is 0.368. The Labute approximate surface area is 546 Å². The van der Waals surface area contributed by atoms with Crippen LogP contribution < -0.4 is 0 Å². The molecule has 0 atom stereocenters. The topological polar surface area (TPSA) is 43.0 Å². The maximum Gasteiger partial charge on any atom is 0.104 e. The lowest BCUT2D eigenvalue weighted by Gasteiger charge is -2.25. The van der Waals surface area contributed by atoms with Gasteiger partial charge >= 0.3 is 0 Å². The van der Waals surface area contributed by atoms with E-state index in [0.29, 0.717) is 5.56 Å². The molecule has 0 N–H and O–H groups in total. The van der Waals surface area contributed by atoms with Crippen LogP contribution in [0.25, 0.3) is 121 Å². The number of benzene rings is 9. The van der Waals surface area contributed by atoms with E-state index in [1.54, 1.807) is 0 Å². The first-order chi connectivity index (χ1) is 42.7. The van der Waals surface area contributed by atoms with Crippen LogP contribution in [-0.2, 0) is 43.3 Å². The second kappa shape index (κ2) is 19.4. The molecule has 0 aliphatic heterocycles. The molecular formula is C87H95N5.